The summed E-state index contributed by atoms with van der Waals surface area (Å²) in [6.07, 6.45) is 8.41. The summed E-state index contributed by atoms with van der Waals surface area (Å²) in [4.78, 5) is 42.5. The lowest BCUT2D eigenvalue weighted by atomic mass is 10.1. The largest absolute Gasteiger partial charge is 0.352 e. The summed E-state index contributed by atoms with van der Waals surface area (Å²) in [5.74, 6) is -0.581. The first-order valence-corrected chi connectivity index (χ1v) is 10.5. The molecule has 8 nitrogen and oxygen atoms in total. The molecular weight excluding hydrogens is 382 g/mol. The standard InChI is InChI=1S/C22H29N5O3/c1-2-3-12-27-15-18(14-20(27)28)22(30)25-19-7-5-17(6-8-19)21(29)24-9-4-11-26-13-10-23-16-26/h5-8,10,13,16,18H,2-4,9,11-12,14-15H2,1H3,(H,24,29)(H,25,30). The average Bonchev–Trinajstić information content (AvgIpc) is 3.39. The van der Waals surface area contributed by atoms with E-state index in [1.807, 2.05) is 10.8 Å². The molecule has 1 atom stereocenters. The van der Waals surface area contributed by atoms with Crippen molar-refractivity contribution in [1.29, 1.82) is 0 Å². The molecule has 160 valence electrons. The summed E-state index contributed by atoms with van der Waals surface area (Å²) in [7, 11) is 0. The van der Waals surface area contributed by atoms with Crippen LogP contribution in [0.4, 0.5) is 5.69 Å². The topological polar surface area (TPSA) is 96.3 Å². The molecule has 1 saturated heterocycles. The highest BCUT2D eigenvalue weighted by atomic mass is 16.2. The fourth-order valence-electron chi connectivity index (χ4n) is 3.45. The summed E-state index contributed by atoms with van der Waals surface area (Å²) in [5.41, 5.74) is 1.16. The molecule has 8 heteroatoms. The van der Waals surface area contributed by atoms with Crippen LogP contribution in [-0.4, -0.2) is 51.8 Å². The number of aryl methyl sites for hydroxylation is 1. The van der Waals surface area contributed by atoms with E-state index in [0.717, 1.165) is 25.8 Å². The van der Waals surface area contributed by atoms with Crippen LogP contribution in [0, 0.1) is 5.92 Å². The summed E-state index contributed by atoms with van der Waals surface area (Å²) < 4.78 is 1.96. The third kappa shape index (κ3) is 5.92. The van der Waals surface area contributed by atoms with Gasteiger partial charge in [-0.05, 0) is 37.1 Å². The van der Waals surface area contributed by atoms with Gasteiger partial charge in [-0.25, -0.2) is 4.98 Å². The van der Waals surface area contributed by atoms with Crippen molar-refractivity contribution in [3.8, 4) is 0 Å². The second-order valence-electron chi connectivity index (χ2n) is 7.57. The van der Waals surface area contributed by atoms with Crippen molar-refractivity contribution in [3.63, 3.8) is 0 Å². The lowest BCUT2D eigenvalue weighted by Crippen LogP contribution is -2.29. The molecule has 30 heavy (non-hydrogen) atoms. The predicted molar refractivity (Wildman–Crippen MR) is 114 cm³/mol. The van der Waals surface area contributed by atoms with E-state index in [0.29, 0.717) is 30.9 Å². The number of anilines is 1. The zero-order valence-corrected chi connectivity index (χ0v) is 17.3. The van der Waals surface area contributed by atoms with Crippen LogP contribution in [0.3, 0.4) is 0 Å². The highest BCUT2D eigenvalue weighted by molar-refractivity contribution is 5.98. The molecule has 1 aliphatic heterocycles. The molecule has 2 N–H and O–H groups in total. The molecule has 2 heterocycles. The van der Waals surface area contributed by atoms with Gasteiger partial charge in [0.15, 0.2) is 0 Å². The number of nitrogens with one attached hydrogen (secondary N) is 2. The fourth-order valence-corrected chi connectivity index (χ4v) is 3.45. The molecule has 0 radical (unpaired) electrons. The third-order valence-corrected chi connectivity index (χ3v) is 5.22. The number of amides is 3. The minimum absolute atomic E-state index is 0.0451. The van der Waals surface area contributed by atoms with Gasteiger partial charge in [0.05, 0.1) is 12.2 Å². The number of unbranched alkanes of at least 4 members (excludes halogenated alkanes) is 1. The Balaban J connectivity index is 1.43. The van der Waals surface area contributed by atoms with Gasteiger partial charge in [0.2, 0.25) is 11.8 Å². The Labute approximate surface area is 176 Å². The van der Waals surface area contributed by atoms with Gasteiger partial charge in [-0.2, -0.15) is 0 Å². The molecule has 1 aliphatic rings. The fraction of sp³-hybridized carbons (Fsp3) is 0.455. The predicted octanol–water partition coefficient (Wildman–Crippen LogP) is 2.29. The van der Waals surface area contributed by atoms with Gasteiger partial charge in [0.1, 0.15) is 0 Å². The molecule has 1 unspecified atom stereocenters. The number of rotatable bonds is 10. The number of hydrogen-bond acceptors (Lipinski definition) is 4. The molecule has 3 amide bonds. The van der Waals surface area contributed by atoms with Gasteiger partial charge >= 0.3 is 0 Å². The Hall–Kier alpha value is -3.16. The Morgan fingerprint density at radius 3 is 2.67 bits per heavy atom. The van der Waals surface area contributed by atoms with E-state index in [2.05, 4.69) is 22.5 Å². The van der Waals surface area contributed by atoms with E-state index in [4.69, 9.17) is 0 Å². The van der Waals surface area contributed by atoms with E-state index in [-0.39, 0.29) is 30.1 Å². The Morgan fingerprint density at radius 2 is 1.97 bits per heavy atom. The monoisotopic (exact) mass is 411 g/mol. The summed E-state index contributed by atoms with van der Waals surface area (Å²) in [5, 5.41) is 5.75. The van der Waals surface area contributed by atoms with E-state index >= 15 is 0 Å². The Kier molecular flexibility index (Phi) is 7.59. The number of hydrogen-bond donors (Lipinski definition) is 2. The van der Waals surface area contributed by atoms with E-state index in [9.17, 15) is 14.4 Å². The number of likely N-dealkylation sites (tertiary alicyclic amines) is 1. The zero-order valence-electron chi connectivity index (χ0n) is 17.3. The minimum atomic E-state index is -0.326. The normalized spacial score (nSPS) is 16.0. The number of benzene rings is 1. The maximum absolute atomic E-state index is 12.5. The van der Waals surface area contributed by atoms with Crippen molar-refractivity contribution < 1.29 is 14.4 Å². The van der Waals surface area contributed by atoms with Crippen LogP contribution in [0.25, 0.3) is 0 Å². The number of nitrogens with zero attached hydrogens (tertiary/aromatic N) is 3. The SMILES string of the molecule is CCCCN1CC(C(=O)Nc2ccc(C(=O)NCCCn3ccnc3)cc2)CC1=O. The van der Waals surface area contributed by atoms with Crippen LogP contribution in [0.1, 0.15) is 43.0 Å². The number of aromatic nitrogens is 2. The van der Waals surface area contributed by atoms with Crippen LogP contribution >= 0.6 is 0 Å². The van der Waals surface area contributed by atoms with Gasteiger partial charge in [0, 0.05) is 56.2 Å². The summed E-state index contributed by atoms with van der Waals surface area (Å²) in [6, 6.07) is 6.80. The molecule has 1 aromatic carbocycles. The highest BCUT2D eigenvalue weighted by Gasteiger charge is 2.33. The maximum atomic E-state index is 12.5. The number of imidazole rings is 1. The van der Waals surface area contributed by atoms with Crippen LogP contribution in [-0.2, 0) is 16.1 Å². The van der Waals surface area contributed by atoms with Crippen molar-refractivity contribution in [3.05, 3.63) is 48.5 Å². The number of carbonyl (C=O) groups excluding carboxylic acids is 3. The van der Waals surface area contributed by atoms with Crippen molar-refractivity contribution >= 4 is 23.4 Å². The summed E-state index contributed by atoms with van der Waals surface area (Å²) >= 11 is 0. The second kappa shape index (κ2) is 10.6. The van der Waals surface area contributed by atoms with Gasteiger partial charge in [-0.15, -0.1) is 0 Å². The third-order valence-electron chi connectivity index (χ3n) is 5.22. The van der Waals surface area contributed by atoms with Gasteiger partial charge in [-0.1, -0.05) is 13.3 Å². The van der Waals surface area contributed by atoms with Gasteiger partial charge in [-0.3, -0.25) is 14.4 Å². The molecule has 0 aliphatic carbocycles. The second-order valence-corrected chi connectivity index (χ2v) is 7.57. The van der Waals surface area contributed by atoms with Crippen molar-refractivity contribution in [2.75, 3.05) is 25.0 Å². The van der Waals surface area contributed by atoms with Crippen molar-refractivity contribution in [1.82, 2.24) is 19.8 Å². The molecule has 0 bridgehead atoms. The molecule has 1 fully saturated rings. The zero-order chi connectivity index (χ0) is 21.3. The van der Waals surface area contributed by atoms with Crippen molar-refractivity contribution in [2.45, 2.75) is 39.2 Å². The maximum Gasteiger partial charge on any atom is 0.251 e. The number of carbonyl (C=O) groups is 3. The summed E-state index contributed by atoms with van der Waals surface area (Å²) in [6.45, 7) is 4.64. The lowest BCUT2D eigenvalue weighted by molar-refractivity contribution is -0.128. The molecular formula is C22H29N5O3. The quantitative estimate of drug-likeness (QED) is 0.586. The Morgan fingerprint density at radius 1 is 1.17 bits per heavy atom. The molecule has 2 aromatic rings. The Bertz CT molecular complexity index is 848. The van der Waals surface area contributed by atoms with Crippen LogP contribution in [0.2, 0.25) is 0 Å². The van der Waals surface area contributed by atoms with E-state index < -0.39 is 0 Å². The first-order valence-electron chi connectivity index (χ1n) is 10.5. The average molecular weight is 412 g/mol. The van der Waals surface area contributed by atoms with E-state index in [1.165, 1.54) is 0 Å². The van der Waals surface area contributed by atoms with Crippen molar-refractivity contribution in [2.24, 2.45) is 5.92 Å². The van der Waals surface area contributed by atoms with Gasteiger partial charge in [0.25, 0.3) is 5.91 Å². The minimum Gasteiger partial charge on any atom is -0.352 e. The first-order chi connectivity index (χ1) is 14.6. The smallest absolute Gasteiger partial charge is 0.251 e. The molecule has 3 rings (SSSR count). The van der Waals surface area contributed by atoms with Crippen LogP contribution < -0.4 is 10.6 Å². The molecule has 1 aromatic heterocycles. The lowest BCUT2D eigenvalue weighted by Gasteiger charge is -2.16. The van der Waals surface area contributed by atoms with Crippen LogP contribution in [0.15, 0.2) is 43.0 Å². The van der Waals surface area contributed by atoms with Crippen LogP contribution in [0.5, 0.6) is 0 Å². The van der Waals surface area contributed by atoms with Gasteiger partial charge < -0.3 is 20.1 Å². The molecule has 0 spiro atoms. The molecule has 0 saturated carbocycles. The van der Waals surface area contributed by atoms with E-state index in [1.54, 1.807) is 41.7 Å². The highest BCUT2D eigenvalue weighted by Crippen LogP contribution is 2.20. The first kappa shape index (κ1) is 21.5.